The smallest absolute Gasteiger partial charge is 0.336 e. The molecule has 1 aromatic heterocycles. The minimum absolute atomic E-state index is 0.0750. The summed E-state index contributed by atoms with van der Waals surface area (Å²) in [6.07, 6.45) is 0.570. The minimum atomic E-state index is -0.410. The molecular formula is C24H25NO5. The van der Waals surface area contributed by atoms with Gasteiger partial charge in [0.1, 0.15) is 11.3 Å². The van der Waals surface area contributed by atoms with Crippen molar-refractivity contribution in [2.75, 3.05) is 5.32 Å². The van der Waals surface area contributed by atoms with Gasteiger partial charge in [-0.2, -0.15) is 0 Å². The van der Waals surface area contributed by atoms with Gasteiger partial charge in [0.25, 0.3) is 0 Å². The summed E-state index contributed by atoms with van der Waals surface area (Å²) in [7, 11) is 0. The van der Waals surface area contributed by atoms with E-state index in [1.54, 1.807) is 30.3 Å². The number of amides is 1. The monoisotopic (exact) mass is 407 g/mol. The summed E-state index contributed by atoms with van der Waals surface area (Å²) >= 11 is 0. The van der Waals surface area contributed by atoms with Crippen LogP contribution in [0.1, 0.15) is 48.7 Å². The standard InChI is InChI=1S/C24H25NO5/c1-14(2)29-21-13-22-19(15(3)11-24(28)30-22)12-17(21)9-10-23(27)25-20-8-6-5-7-18(20)16(4)26/h5-8,11-14H,9-10H2,1-4H3,(H,25,27). The second-order valence-electron chi connectivity index (χ2n) is 7.52. The van der Waals surface area contributed by atoms with Crippen LogP contribution in [0.2, 0.25) is 0 Å². The van der Waals surface area contributed by atoms with E-state index in [1.807, 2.05) is 26.8 Å². The number of rotatable bonds is 7. The van der Waals surface area contributed by atoms with Crippen molar-refractivity contribution in [3.8, 4) is 5.75 Å². The van der Waals surface area contributed by atoms with Crippen LogP contribution in [-0.2, 0) is 11.2 Å². The summed E-state index contributed by atoms with van der Waals surface area (Å²) in [5, 5.41) is 3.63. The van der Waals surface area contributed by atoms with E-state index in [1.165, 1.54) is 13.0 Å². The lowest BCUT2D eigenvalue weighted by Crippen LogP contribution is -2.15. The zero-order valence-corrected chi connectivity index (χ0v) is 17.6. The van der Waals surface area contributed by atoms with E-state index in [2.05, 4.69) is 5.32 Å². The van der Waals surface area contributed by atoms with Gasteiger partial charge in [-0.05, 0) is 63.4 Å². The summed E-state index contributed by atoms with van der Waals surface area (Å²) in [5.41, 5.74) is 2.68. The number of ether oxygens (including phenoxy) is 1. The van der Waals surface area contributed by atoms with Gasteiger partial charge in [0, 0.05) is 29.5 Å². The topological polar surface area (TPSA) is 85.6 Å². The molecule has 2 aromatic carbocycles. The van der Waals surface area contributed by atoms with Gasteiger partial charge in [0.15, 0.2) is 5.78 Å². The van der Waals surface area contributed by atoms with Crippen molar-refractivity contribution < 1.29 is 18.7 Å². The Hall–Kier alpha value is -3.41. The predicted octanol–water partition coefficient (Wildman–Crippen LogP) is 4.66. The van der Waals surface area contributed by atoms with Crippen LogP contribution in [0.25, 0.3) is 11.0 Å². The van der Waals surface area contributed by atoms with Crippen LogP contribution >= 0.6 is 0 Å². The first-order valence-corrected chi connectivity index (χ1v) is 9.88. The molecule has 6 heteroatoms. The second-order valence-corrected chi connectivity index (χ2v) is 7.52. The predicted molar refractivity (Wildman–Crippen MR) is 116 cm³/mol. The van der Waals surface area contributed by atoms with Crippen molar-refractivity contribution in [2.24, 2.45) is 0 Å². The Morgan fingerprint density at radius 2 is 1.87 bits per heavy atom. The number of fused-ring (bicyclic) bond motifs is 1. The van der Waals surface area contributed by atoms with E-state index < -0.39 is 5.63 Å². The molecule has 3 rings (SSSR count). The average molecular weight is 407 g/mol. The lowest BCUT2D eigenvalue weighted by Gasteiger charge is -2.16. The first-order valence-electron chi connectivity index (χ1n) is 9.88. The Morgan fingerprint density at radius 1 is 1.13 bits per heavy atom. The summed E-state index contributed by atoms with van der Waals surface area (Å²) in [6, 6.07) is 12.0. The molecule has 0 spiro atoms. The molecule has 0 radical (unpaired) electrons. The molecule has 3 aromatic rings. The normalized spacial score (nSPS) is 11.0. The van der Waals surface area contributed by atoms with Gasteiger partial charge in [-0.25, -0.2) is 4.79 Å². The van der Waals surface area contributed by atoms with Gasteiger partial charge in [0.2, 0.25) is 5.91 Å². The van der Waals surface area contributed by atoms with Crippen LogP contribution in [0.5, 0.6) is 5.75 Å². The molecule has 1 heterocycles. The molecule has 156 valence electrons. The zero-order valence-electron chi connectivity index (χ0n) is 17.6. The molecule has 30 heavy (non-hydrogen) atoms. The van der Waals surface area contributed by atoms with Crippen LogP contribution < -0.4 is 15.7 Å². The fourth-order valence-corrected chi connectivity index (χ4v) is 3.31. The first-order chi connectivity index (χ1) is 14.2. The lowest BCUT2D eigenvalue weighted by molar-refractivity contribution is -0.116. The molecule has 0 fully saturated rings. The molecule has 0 atom stereocenters. The van der Waals surface area contributed by atoms with E-state index in [4.69, 9.17) is 9.15 Å². The van der Waals surface area contributed by atoms with Crippen LogP contribution in [0, 0.1) is 6.92 Å². The number of hydrogen-bond acceptors (Lipinski definition) is 5. The van der Waals surface area contributed by atoms with Crippen molar-refractivity contribution >= 4 is 28.3 Å². The molecule has 0 aliphatic heterocycles. The van der Waals surface area contributed by atoms with Crippen molar-refractivity contribution in [1.29, 1.82) is 0 Å². The third-order valence-electron chi connectivity index (χ3n) is 4.70. The summed E-state index contributed by atoms with van der Waals surface area (Å²) < 4.78 is 11.2. The van der Waals surface area contributed by atoms with Crippen molar-refractivity contribution in [2.45, 2.75) is 46.6 Å². The largest absolute Gasteiger partial charge is 0.491 e. The number of carbonyl (C=O) groups excluding carboxylic acids is 2. The fraction of sp³-hybridized carbons (Fsp3) is 0.292. The average Bonchev–Trinajstić information content (AvgIpc) is 2.66. The van der Waals surface area contributed by atoms with Crippen LogP contribution in [0.4, 0.5) is 5.69 Å². The molecule has 1 N–H and O–H groups in total. The number of nitrogens with one attached hydrogen (secondary N) is 1. The molecule has 6 nitrogen and oxygen atoms in total. The van der Waals surface area contributed by atoms with Crippen LogP contribution in [0.3, 0.4) is 0 Å². The number of benzene rings is 2. The third-order valence-corrected chi connectivity index (χ3v) is 4.70. The maximum Gasteiger partial charge on any atom is 0.336 e. The number of ketones is 1. The van der Waals surface area contributed by atoms with Crippen LogP contribution in [-0.4, -0.2) is 17.8 Å². The molecule has 0 aliphatic carbocycles. The second kappa shape index (κ2) is 8.95. The van der Waals surface area contributed by atoms with Crippen LogP contribution in [0.15, 0.2) is 51.7 Å². The Balaban J connectivity index is 1.85. The molecule has 0 saturated carbocycles. The van der Waals surface area contributed by atoms with Gasteiger partial charge < -0.3 is 14.5 Å². The summed E-state index contributed by atoms with van der Waals surface area (Å²) in [5.74, 6) is 0.281. The van der Waals surface area contributed by atoms with Crippen molar-refractivity contribution in [3.05, 3.63) is 69.6 Å². The molecule has 0 aliphatic rings. The Labute approximate surface area is 174 Å². The van der Waals surface area contributed by atoms with Crippen molar-refractivity contribution in [3.63, 3.8) is 0 Å². The number of Topliss-reactive ketones (excluding diaryl/α,β-unsaturated/α-hetero) is 1. The highest BCUT2D eigenvalue weighted by atomic mass is 16.5. The molecular weight excluding hydrogens is 382 g/mol. The van der Waals surface area contributed by atoms with Gasteiger partial charge in [0.05, 0.1) is 11.8 Å². The molecule has 0 unspecified atom stereocenters. The quantitative estimate of drug-likeness (QED) is 0.455. The van der Waals surface area contributed by atoms with E-state index in [0.717, 1.165) is 16.5 Å². The number of hydrogen-bond donors (Lipinski definition) is 1. The highest BCUT2D eigenvalue weighted by molar-refractivity contribution is 6.03. The highest BCUT2D eigenvalue weighted by Gasteiger charge is 2.15. The number of para-hydroxylation sites is 1. The van der Waals surface area contributed by atoms with Crippen molar-refractivity contribution in [1.82, 2.24) is 0 Å². The number of aryl methyl sites for hydroxylation is 2. The van der Waals surface area contributed by atoms with E-state index in [0.29, 0.717) is 29.0 Å². The van der Waals surface area contributed by atoms with E-state index in [9.17, 15) is 14.4 Å². The summed E-state index contributed by atoms with van der Waals surface area (Å²) in [4.78, 5) is 36.0. The van der Waals surface area contributed by atoms with E-state index >= 15 is 0 Å². The van der Waals surface area contributed by atoms with Gasteiger partial charge in [-0.15, -0.1) is 0 Å². The summed E-state index contributed by atoms with van der Waals surface area (Å²) in [6.45, 7) is 7.13. The highest BCUT2D eigenvalue weighted by Crippen LogP contribution is 2.29. The van der Waals surface area contributed by atoms with Gasteiger partial charge in [-0.1, -0.05) is 12.1 Å². The van der Waals surface area contributed by atoms with Gasteiger partial charge in [-0.3, -0.25) is 9.59 Å². The minimum Gasteiger partial charge on any atom is -0.491 e. The maximum atomic E-state index is 12.5. The van der Waals surface area contributed by atoms with E-state index in [-0.39, 0.29) is 24.2 Å². The molecule has 0 saturated heterocycles. The molecule has 1 amide bonds. The maximum absolute atomic E-state index is 12.5. The number of carbonyl (C=O) groups is 2. The first kappa shape index (κ1) is 21.3. The third kappa shape index (κ3) is 4.95. The SMILES string of the molecule is CC(=O)c1ccccc1NC(=O)CCc1cc2c(C)cc(=O)oc2cc1OC(C)C. The Bertz CT molecular complexity index is 1160. The molecule has 0 bridgehead atoms. The fourth-order valence-electron chi connectivity index (χ4n) is 3.31. The van der Waals surface area contributed by atoms with Gasteiger partial charge >= 0.3 is 5.63 Å². The Kier molecular flexibility index (Phi) is 6.35. The number of anilines is 1. The lowest BCUT2D eigenvalue weighted by atomic mass is 10.0. The zero-order chi connectivity index (χ0) is 21.8. The Morgan fingerprint density at radius 3 is 2.57 bits per heavy atom.